The Morgan fingerprint density at radius 1 is 0.900 bits per heavy atom. The highest BCUT2D eigenvalue weighted by molar-refractivity contribution is 5.62. The van der Waals surface area contributed by atoms with Crippen LogP contribution >= 0.6 is 0 Å². The molecule has 3 rings (SSSR count). The maximum atomic E-state index is 4.31. The molecule has 1 heterocycles. The van der Waals surface area contributed by atoms with Crippen molar-refractivity contribution < 1.29 is 0 Å². The predicted octanol–water partition coefficient (Wildman–Crippen LogP) is 3.28. The molecule has 1 N–H and O–H groups in total. The van der Waals surface area contributed by atoms with Gasteiger partial charge in [0, 0.05) is 24.0 Å². The summed E-state index contributed by atoms with van der Waals surface area (Å²) < 4.78 is 2.06. The molecule has 0 saturated carbocycles. The summed E-state index contributed by atoms with van der Waals surface area (Å²) in [6.07, 6.45) is 0. The van der Waals surface area contributed by atoms with E-state index in [2.05, 4.69) is 44.3 Å². The zero-order valence-electron chi connectivity index (χ0n) is 11.5. The molecule has 0 saturated heterocycles. The molecule has 0 spiro atoms. The summed E-state index contributed by atoms with van der Waals surface area (Å²) in [5.74, 6) is 1.74. The van der Waals surface area contributed by atoms with Gasteiger partial charge in [0.25, 0.3) is 0 Å². The van der Waals surface area contributed by atoms with Crippen molar-refractivity contribution in [1.29, 1.82) is 0 Å². The van der Waals surface area contributed by atoms with Crippen LogP contribution in [-0.4, -0.2) is 21.8 Å². The fourth-order valence-electron chi connectivity index (χ4n) is 2.22. The Morgan fingerprint density at radius 3 is 2.25 bits per heavy atom. The van der Waals surface area contributed by atoms with E-state index >= 15 is 0 Å². The van der Waals surface area contributed by atoms with Crippen LogP contribution in [0, 0.1) is 6.92 Å². The number of aryl methyl sites for hydroxylation is 1. The van der Waals surface area contributed by atoms with E-state index in [-0.39, 0.29) is 0 Å². The van der Waals surface area contributed by atoms with Gasteiger partial charge in [0.05, 0.1) is 0 Å². The van der Waals surface area contributed by atoms with E-state index in [1.54, 1.807) is 0 Å². The molecule has 0 aliphatic heterocycles. The highest BCUT2D eigenvalue weighted by Crippen LogP contribution is 2.23. The van der Waals surface area contributed by atoms with Gasteiger partial charge in [-0.05, 0) is 43.3 Å². The average molecular weight is 264 g/mol. The normalized spacial score (nSPS) is 10.5. The highest BCUT2D eigenvalue weighted by atomic mass is 15.3. The Labute approximate surface area is 118 Å². The van der Waals surface area contributed by atoms with Crippen LogP contribution in [0.25, 0.3) is 17.1 Å². The van der Waals surface area contributed by atoms with Crippen molar-refractivity contribution in [2.75, 3.05) is 12.4 Å². The van der Waals surface area contributed by atoms with Crippen molar-refractivity contribution in [2.45, 2.75) is 6.92 Å². The molecule has 0 atom stereocenters. The second-order valence-corrected chi connectivity index (χ2v) is 4.57. The number of hydrogen-bond acceptors (Lipinski definition) is 3. The summed E-state index contributed by atoms with van der Waals surface area (Å²) in [4.78, 5) is 0. The average Bonchev–Trinajstić information content (AvgIpc) is 2.90. The van der Waals surface area contributed by atoms with E-state index in [0.29, 0.717) is 0 Å². The van der Waals surface area contributed by atoms with Crippen LogP contribution in [0.4, 0.5) is 5.69 Å². The largest absolute Gasteiger partial charge is 0.388 e. The predicted molar refractivity (Wildman–Crippen MR) is 81.1 cm³/mol. The van der Waals surface area contributed by atoms with Crippen LogP contribution in [-0.2, 0) is 0 Å². The summed E-state index contributed by atoms with van der Waals surface area (Å²) in [5.41, 5.74) is 3.20. The first-order valence-corrected chi connectivity index (χ1v) is 6.55. The van der Waals surface area contributed by atoms with Crippen molar-refractivity contribution in [2.24, 2.45) is 0 Å². The Kier molecular flexibility index (Phi) is 3.21. The van der Waals surface area contributed by atoms with Gasteiger partial charge >= 0.3 is 0 Å². The molecule has 4 nitrogen and oxygen atoms in total. The number of aromatic nitrogens is 3. The van der Waals surface area contributed by atoms with Crippen molar-refractivity contribution in [3.8, 4) is 17.1 Å². The molecule has 4 heteroatoms. The molecular weight excluding hydrogens is 248 g/mol. The minimum atomic E-state index is 0.858. The van der Waals surface area contributed by atoms with Crippen LogP contribution in [0.2, 0.25) is 0 Å². The van der Waals surface area contributed by atoms with Crippen LogP contribution in [0.3, 0.4) is 0 Å². The van der Waals surface area contributed by atoms with E-state index in [1.165, 1.54) is 0 Å². The minimum Gasteiger partial charge on any atom is -0.388 e. The van der Waals surface area contributed by atoms with E-state index in [1.807, 2.05) is 44.3 Å². The third kappa shape index (κ3) is 2.16. The number of para-hydroxylation sites is 1. The zero-order valence-corrected chi connectivity index (χ0v) is 11.5. The Balaban J connectivity index is 2.11. The lowest BCUT2D eigenvalue weighted by atomic mass is 10.2. The molecule has 0 fully saturated rings. The van der Waals surface area contributed by atoms with Crippen molar-refractivity contribution in [3.05, 3.63) is 60.4 Å². The lowest BCUT2D eigenvalue weighted by Crippen LogP contribution is -1.99. The van der Waals surface area contributed by atoms with Gasteiger partial charge in [0.15, 0.2) is 5.82 Å². The molecule has 1 aromatic heterocycles. The fraction of sp³-hybridized carbons (Fsp3) is 0.125. The molecule has 0 unspecified atom stereocenters. The van der Waals surface area contributed by atoms with Gasteiger partial charge in [-0.2, -0.15) is 0 Å². The van der Waals surface area contributed by atoms with Gasteiger partial charge in [0.2, 0.25) is 0 Å². The molecule has 20 heavy (non-hydrogen) atoms. The van der Waals surface area contributed by atoms with Crippen molar-refractivity contribution in [3.63, 3.8) is 0 Å². The SMILES string of the molecule is CNc1ccc(-c2nnc(C)n2-c2ccccc2)cc1. The summed E-state index contributed by atoms with van der Waals surface area (Å²) in [7, 11) is 1.91. The van der Waals surface area contributed by atoms with E-state index in [9.17, 15) is 0 Å². The molecular formula is C16H16N4. The number of nitrogens with zero attached hydrogens (tertiary/aromatic N) is 3. The van der Waals surface area contributed by atoms with Gasteiger partial charge in [0.1, 0.15) is 5.82 Å². The number of rotatable bonds is 3. The van der Waals surface area contributed by atoms with Gasteiger partial charge < -0.3 is 5.32 Å². The molecule has 0 aliphatic carbocycles. The van der Waals surface area contributed by atoms with E-state index in [0.717, 1.165) is 28.6 Å². The first-order valence-electron chi connectivity index (χ1n) is 6.55. The highest BCUT2D eigenvalue weighted by Gasteiger charge is 2.12. The Hall–Kier alpha value is -2.62. The summed E-state index contributed by atoms with van der Waals surface area (Å²) in [5, 5.41) is 11.6. The number of hydrogen-bond donors (Lipinski definition) is 1. The van der Waals surface area contributed by atoms with Crippen molar-refractivity contribution in [1.82, 2.24) is 14.8 Å². The monoisotopic (exact) mass is 264 g/mol. The second kappa shape index (κ2) is 5.17. The van der Waals surface area contributed by atoms with Crippen LogP contribution in [0.1, 0.15) is 5.82 Å². The first-order chi connectivity index (χ1) is 9.79. The van der Waals surface area contributed by atoms with E-state index < -0.39 is 0 Å². The Bertz CT molecular complexity index is 699. The summed E-state index contributed by atoms with van der Waals surface area (Å²) in [6, 6.07) is 18.3. The minimum absolute atomic E-state index is 0.858. The summed E-state index contributed by atoms with van der Waals surface area (Å²) in [6.45, 7) is 1.96. The second-order valence-electron chi connectivity index (χ2n) is 4.57. The lowest BCUT2D eigenvalue weighted by molar-refractivity contribution is 0.972. The zero-order chi connectivity index (χ0) is 13.9. The third-order valence-corrected chi connectivity index (χ3v) is 3.27. The van der Waals surface area contributed by atoms with Gasteiger partial charge in [-0.1, -0.05) is 18.2 Å². The molecule has 100 valence electrons. The number of benzene rings is 2. The summed E-state index contributed by atoms with van der Waals surface area (Å²) >= 11 is 0. The van der Waals surface area contributed by atoms with Crippen LogP contribution < -0.4 is 5.32 Å². The van der Waals surface area contributed by atoms with E-state index in [4.69, 9.17) is 0 Å². The third-order valence-electron chi connectivity index (χ3n) is 3.27. The fourth-order valence-corrected chi connectivity index (χ4v) is 2.22. The smallest absolute Gasteiger partial charge is 0.168 e. The van der Waals surface area contributed by atoms with Gasteiger partial charge in [-0.3, -0.25) is 4.57 Å². The number of nitrogens with one attached hydrogen (secondary N) is 1. The van der Waals surface area contributed by atoms with Gasteiger partial charge in [-0.25, -0.2) is 0 Å². The van der Waals surface area contributed by atoms with Gasteiger partial charge in [-0.15, -0.1) is 10.2 Å². The lowest BCUT2D eigenvalue weighted by Gasteiger charge is -2.09. The topological polar surface area (TPSA) is 42.7 Å². The number of anilines is 1. The standard InChI is InChI=1S/C16H16N4/c1-12-18-19-16(13-8-10-14(17-2)11-9-13)20(12)15-6-4-3-5-7-15/h3-11,17H,1-2H3. The van der Waals surface area contributed by atoms with Crippen LogP contribution in [0.15, 0.2) is 54.6 Å². The molecule has 0 bridgehead atoms. The quantitative estimate of drug-likeness (QED) is 0.789. The van der Waals surface area contributed by atoms with Crippen LogP contribution in [0.5, 0.6) is 0 Å². The maximum absolute atomic E-state index is 4.31. The molecule has 2 aromatic carbocycles. The molecule has 3 aromatic rings. The molecule has 0 aliphatic rings. The molecule has 0 amide bonds. The maximum Gasteiger partial charge on any atom is 0.168 e. The van der Waals surface area contributed by atoms with Crippen molar-refractivity contribution >= 4 is 5.69 Å². The first kappa shape index (κ1) is 12.4. The molecule has 0 radical (unpaired) electrons. The Morgan fingerprint density at radius 2 is 1.60 bits per heavy atom.